The van der Waals surface area contributed by atoms with Crippen molar-refractivity contribution in [3.63, 3.8) is 0 Å². The topological polar surface area (TPSA) is 50.8 Å². The summed E-state index contributed by atoms with van der Waals surface area (Å²) in [5.41, 5.74) is 0. The van der Waals surface area contributed by atoms with E-state index in [9.17, 15) is 0 Å². The number of hydrogen-bond acceptors (Lipinski definition) is 5. The highest BCUT2D eigenvalue weighted by Gasteiger charge is 2.33. The van der Waals surface area contributed by atoms with Gasteiger partial charge in [-0.25, -0.2) is 9.97 Å². The van der Waals surface area contributed by atoms with Gasteiger partial charge in [-0.1, -0.05) is 0 Å². The summed E-state index contributed by atoms with van der Waals surface area (Å²) >= 11 is 6.83. The van der Waals surface area contributed by atoms with Crippen LogP contribution in [0.3, 0.4) is 0 Å². The molecule has 2 aromatic rings. The number of rotatable bonds is 2. The molecular formula is C13H9Br2N3O2. The fourth-order valence-corrected chi connectivity index (χ4v) is 2.77. The van der Waals surface area contributed by atoms with Crippen LogP contribution in [0.25, 0.3) is 0 Å². The van der Waals surface area contributed by atoms with Gasteiger partial charge in [0.05, 0.1) is 19.3 Å². The molecule has 1 fully saturated rings. The average Bonchev–Trinajstić information content (AvgIpc) is 3.21. The molecular weight excluding hydrogens is 390 g/mol. The quantitative estimate of drug-likeness (QED) is 0.722. The van der Waals surface area contributed by atoms with E-state index in [-0.39, 0.29) is 6.10 Å². The third kappa shape index (κ3) is 2.19. The van der Waals surface area contributed by atoms with E-state index in [1.165, 1.54) is 0 Å². The largest absolute Gasteiger partial charge is 0.449 e. The van der Waals surface area contributed by atoms with Crippen molar-refractivity contribution in [3.8, 4) is 11.5 Å². The molecule has 2 aromatic heterocycles. The normalized spacial score (nSPS) is 19.1. The predicted octanol–water partition coefficient (Wildman–Crippen LogP) is 3.64. The van der Waals surface area contributed by atoms with Crippen molar-refractivity contribution >= 4 is 43.5 Å². The Bertz CT molecular complexity index is 640. The molecule has 2 aliphatic heterocycles. The Kier molecular flexibility index (Phi) is 2.94. The van der Waals surface area contributed by atoms with Gasteiger partial charge in [0.1, 0.15) is 0 Å². The molecule has 0 bridgehead atoms. The van der Waals surface area contributed by atoms with E-state index in [0.717, 1.165) is 33.7 Å². The summed E-state index contributed by atoms with van der Waals surface area (Å²) in [7, 11) is 0. The molecule has 4 rings (SSSR count). The Morgan fingerprint density at radius 3 is 2.15 bits per heavy atom. The zero-order valence-corrected chi connectivity index (χ0v) is 13.4. The maximum atomic E-state index is 5.90. The summed E-state index contributed by atoms with van der Waals surface area (Å²) in [6.07, 6.45) is 3.75. The molecule has 102 valence electrons. The zero-order valence-electron chi connectivity index (χ0n) is 10.2. The van der Waals surface area contributed by atoms with Crippen molar-refractivity contribution in [2.75, 3.05) is 18.1 Å². The fraction of sp³-hybridized carbons (Fsp3) is 0.231. The first-order chi connectivity index (χ1) is 9.70. The number of epoxide rings is 1. The Balaban J connectivity index is 1.84. The highest BCUT2D eigenvalue weighted by atomic mass is 79.9. The number of pyridine rings is 2. The first-order valence-corrected chi connectivity index (χ1v) is 7.67. The number of ether oxygens (including phenoxy) is 2. The molecule has 1 saturated heterocycles. The monoisotopic (exact) mass is 397 g/mol. The first kappa shape index (κ1) is 12.6. The van der Waals surface area contributed by atoms with Gasteiger partial charge in [0.2, 0.25) is 0 Å². The van der Waals surface area contributed by atoms with Crippen LogP contribution in [0.2, 0.25) is 0 Å². The van der Waals surface area contributed by atoms with Gasteiger partial charge in [0, 0.05) is 33.5 Å². The van der Waals surface area contributed by atoms with E-state index >= 15 is 0 Å². The van der Waals surface area contributed by atoms with Gasteiger partial charge < -0.3 is 14.4 Å². The maximum absolute atomic E-state index is 5.90. The van der Waals surface area contributed by atoms with Crippen molar-refractivity contribution in [1.82, 2.24) is 9.97 Å². The lowest BCUT2D eigenvalue weighted by atomic mass is 10.2. The predicted molar refractivity (Wildman–Crippen MR) is 80.7 cm³/mol. The molecule has 2 aliphatic rings. The van der Waals surface area contributed by atoms with E-state index in [2.05, 4.69) is 41.8 Å². The van der Waals surface area contributed by atoms with E-state index < -0.39 is 0 Å². The van der Waals surface area contributed by atoms with Gasteiger partial charge >= 0.3 is 0 Å². The molecule has 20 heavy (non-hydrogen) atoms. The summed E-state index contributed by atoms with van der Waals surface area (Å²) in [6, 6.07) is 3.82. The highest BCUT2D eigenvalue weighted by molar-refractivity contribution is 9.10. The van der Waals surface area contributed by atoms with E-state index in [1.807, 2.05) is 17.0 Å². The summed E-state index contributed by atoms with van der Waals surface area (Å²) in [6.45, 7) is 1.52. The summed E-state index contributed by atoms with van der Waals surface area (Å²) in [5.74, 6) is 2.97. The molecule has 0 spiro atoms. The van der Waals surface area contributed by atoms with Crippen LogP contribution in [0.1, 0.15) is 0 Å². The standard InChI is InChI=1S/C13H9Br2N3O2/c14-7-1-10-12(16-3-7)18(5-9-6-19-9)13-11(20-10)2-8(15)4-17-13/h1-4,9H,5-6H2. The minimum absolute atomic E-state index is 0.240. The molecule has 0 amide bonds. The third-order valence-corrected chi connectivity index (χ3v) is 3.99. The lowest BCUT2D eigenvalue weighted by Gasteiger charge is -2.30. The van der Waals surface area contributed by atoms with Crippen LogP contribution in [0.4, 0.5) is 11.6 Å². The van der Waals surface area contributed by atoms with Crippen LogP contribution >= 0.6 is 31.9 Å². The molecule has 1 atom stereocenters. The lowest BCUT2D eigenvalue weighted by molar-refractivity contribution is 0.406. The zero-order chi connectivity index (χ0) is 13.7. The molecule has 0 saturated carbocycles. The Labute approximate surface area is 132 Å². The number of anilines is 2. The first-order valence-electron chi connectivity index (χ1n) is 6.09. The third-order valence-electron chi connectivity index (χ3n) is 3.12. The summed E-state index contributed by atoms with van der Waals surface area (Å²) < 4.78 is 13.0. The second kappa shape index (κ2) is 4.68. The van der Waals surface area contributed by atoms with Gasteiger partial charge in [-0.15, -0.1) is 0 Å². The molecule has 0 aliphatic carbocycles. The number of hydrogen-bond donors (Lipinski definition) is 0. The van der Waals surface area contributed by atoms with Gasteiger partial charge in [-0.3, -0.25) is 0 Å². The molecule has 0 radical (unpaired) electrons. The van der Waals surface area contributed by atoms with E-state index in [4.69, 9.17) is 9.47 Å². The van der Waals surface area contributed by atoms with E-state index in [1.54, 1.807) is 12.4 Å². The molecule has 0 aromatic carbocycles. The van der Waals surface area contributed by atoms with Crippen LogP contribution < -0.4 is 9.64 Å². The maximum Gasteiger partial charge on any atom is 0.177 e. The number of fused-ring (bicyclic) bond motifs is 2. The van der Waals surface area contributed by atoms with Gasteiger partial charge in [0.15, 0.2) is 23.1 Å². The minimum atomic E-state index is 0.240. The van der Waals surface area contributed by atoms with Gasteiger partial charge in [-0.05, 0) is 31.9 Å². The van der Waals surface area contributed by atoms with Gasteiger partial charge in [0.25, 0.3) is 0 Å². The van der Waals surface area contributed by atoms with Crippen LogP contribution in [0, 0.1) is 0 Å². The minimum Gasteiger partial charge on any atom is -0.449 e. The van der Waals surface area contributed by atoms with Gasteiger partial charge in [-0.2, -0.15) is 0 Å². The molecule has 5 nitrogen and oxygen atoms in total. The van der Waals surface area contributed by atoms with Crippen LogP contribution in [0.5, 0.6) is 11.5 Å². The smallest absolute Gasteiger partial charge is 0.177 e. The fourth-order valence-electron chi connectivity index (χ4n) is 2.15. The van der Waals surface area contributed by atoms with E-state index in [0.29, 0.717) is 11.5 Å². The number of halogens is 2. The lowest BCUT2D eigenvalue weighted by Crippen LogP contribution is -2.27. The van der Waals surface area contributed by atoms with Crippen molar-refractivity contribution < 1.29 is 9.47 Å². The summed E-state index contributed by atoms with van der Waals surface area (Å²) in [4.78, 5) is 10.9. The second-order valence-corrected chi connectivity index (χ2v) is 6.45. The van der Waals surface area contributed by atoms with Crippen LogP contribution in [-0.2, 0) is 4.74 Å². The second-order valence-electron chi connectivity index (χ2n) is 4.62. The highest BCUT2D eigenvalue weighted by Crippen LogP contribution is 2.46. The van der Waals surface area contributed by atoms with Crippen LogP contribution in [0.15, 0.2) is 33.5 Å². The Hall–Kier alpha value is -1.18. The Morgan fingerprint density at radius 1 is 1.10 bits per heavy atom. The molecule has 4 heterocycles. The van der Waals surface area contributed by atoms with Crippen molar-refractivity contribution in [1.29, 1.82) is 0 Å². The molecule has 0 N–H and O–H groups in total. The van der Waals surface area contributed by atoms with Crippen molar-refractivity contribution in [2.24, 2.45) is 0 Å². The Morgan fingerprint density at radius 2 is 1.65 bits per heavy atom. The number of aromatic nitrogens is 2. The molecule has 7 heteroatoms. The van der Waals surface area contributed by atoms with Crippen molar-refractivity contribution in [3.05, 3.63) is 33.5 Å². The summed E-state index contributed by atoms with van der Waals surface area (Å²) in [5, 5.41) is 0. The SMILES string of the molecule is Brc1cnc2c(c1)Oc1cc(Br)cnc1N2CC1CO1. The number of nitrogens with zero attached hydrogens (tertiary/aromatic N) is 3. The van der Waals surface area contributed by atoms with Crippen molar-refractivity contribution in [2.45, 2.75) is 6.10 Å². The average molecular weight is 399 g/mol. The molecule has 1 unspecified atom stereocenters. The van der Waals surface area contributed by atoms with Crippen LogP contribution in [-0.4, -0.2) is 29.2 Å².